The minimum atomic E-state index is -0.337. The third-order valence-corrected chi connectivity index (χ3v) is 6.01. The van der Waals surface area contributed by atoms with E-state index in [-0.39, 0.29) is 11.6 Å². The molecule has 0 fully saturated rings. The van der Waals surface area contributed by atoms with Gasteiger partial charge in [0.1, 0.15) is 0 Å². The van der Waals surface area contributed by atoms with Crippen LogP contribution in [0.4, 0.5) is 4.39 Å². The van der Waals surface area contributed by atoms with Gasteiger partial charge in [-0.05, 0) is 75.2 Å². The number of nitrogens with zero attached hydrogens (tertiary/aromatic N) is 2. The number of benzene rings is 2. The number of halogens is 1. The third-order valence-electron chi connectivity index (χ3n) is 6.01. The molecule has 0 spiro atoms. The average Bonchev–Trinajstić information content (AvgIpc) is 2.98. The predicted octanol–water partition coefficient (Wildman–Crippen LogP) is 5.66. The number of ether oxygens (including phenoxy) is 1. The quantitative estimate of drug-likeness (QED) is 0.585. The molecule has 4 heteroatoms. The van der Waals surface area contributed by atoms with Gasteiger partial charge in [0.15, 0.2) is 11.6 Å². The second-order valence-corrected chi connectivity index (χ2v) is 7.82. The first-order chi connectivity index (χ1) is 13.4. The molecule has 1 atom stereocenters. The van der Waals surface area contributed by atoms with Crippen LogP contribution in [0.25, 0.3) is 22.7 Å². The minimum absolute atomic E-state index is 0.270. The van der Waals surface area contributed by atoms with E-state index in [4.69, 9.17) is 4.74 Å². The Labute approximate surface area is 166 Å². The van der Waals surface area contributed by atoms with E-state index in [1.165, 1.54) is 34.8 Å². The number of aromatic nitrogens is 1. The molecule has 146 valence electrons. The van der Waals surface area contributed by atoms with Gasteiger partial charge in [0, 0.05) is 29.9 Å². The van der Waals surface area contributed by atoms with Crippen molar-refractivity contribution in [1.82, 2.24) is 9.47 Å². The van der Waals surface area contributed by atoms with Gasteiger partial charge in [-0.1, -0.05) is 17.7 Å². The van der Waals surface area contributed by atoms with Crippen LogP contribution in [0.5, 0.6) is 5.75 Å². The Morgan fingerprint density at radius 1 is 1.21 bits per heavy atom. The highest BCUT2D eigenvalue weighted by Gasteiger charge is 2.27. The standard InChI is InChI=1S/C24H27FN2O/c1-15-6-8-22-20(12-15)19-10-11-26(4)17(3)24(19)27(22)14-16(2)18-7-9-23(28-5)21(25)13-18/h6-9,12-14,17H,10-11H2,1-5H3/b16-14+. The number of hydrogen-bond acceptors (Lipinski definition) is 2. The van der Waals surface area contributed by atoms with Gasteiger partial charge in [0.25, 0.3) is 0 Å². The van der Waals surface area contributed by atoms with Crippen LogP contribution in [0.15, 0.2) is 36.4 Å². The van der Waals surface area contributed by atoms with Gasteiger partial charge >= 0.3 is 0 Å². The summed E-state index contributed by atoms with van der Waals surface area (Å²) in [5.41, 5.74) is 7.14. The SMILES string of the molecule is COc1ccc(/C(C)=C/n2c3c(c4cc(C)ccc42)CCN(C)C3C)cc1F. The zero-order chi connectivity index (χ0) is 20.0. The Kier molecular flexibility index (Phi) is 4.76. The Bertz CT molecular complexity index is 1080. The van der Waals surface area contributed by atoms with Crippen LogP contribution < -0.4 is 4.74 Å². The molecule has 0 aliphatic carbocycles. The van der Waals surface area contributed by atoms with Crippen LogP contribution in [0.1, 0.15) is 42.3 Å². The largest absolute Gasteiger partial charge is 0.494 e. The van der Waals surface area contributed by atoms with Crippen LogP contribution in [-0.4, -0.2) is 30.2 Å². The highest BCUT2D eigenvalue weighted by molar-refractivity contribution is 5.90. The second kappa shape index (κ2) is 7.10. The fourth-order valence-electron chi connectivity index (χ4n) is 4.24. The lowest BCUT2D eigenvalue weighted by Crippen LogP contribution is -2.31. The van der Waals surface area contributed by atoms with Gasteiger partial charge < -0.3 is 9.30 Å². The molecular formula is C24H27FN2O. The molecule has 3 aromatic rings. The second-order valence-electron chi connectivity index (χ2n) is 7.82. The van der Waals surface area contributed by atoms with E-state index in [0.29, 0.717) is 6.04 Å². The maximum absolute atomic E-state index is 14.2. The first kappa shape index (κ1) is 18.8. The van der Waals surface area contributed by atoms with Crippen molar-refractivity contribution < 1.29 is 9.13 Å². The molecule has 3 nitrogen and oxygen atoms in total. The summed E-state index contributed by atoms with van der Waals surface area (Å²) in [6.07, 6.45) is 3.20. The summed E-state index contributed by atoms with van der Waals surface area (Å²) in [6, 6.07) is 12.1. The molecule has 0 amide bonds. The lowest BCUT2D eigenvalue weighted by Gasteiger charge is -2.31. The monoisotopic (exact) mass is 378 g/mol. The molecule has 1 aliphatic rings. The van der Waals surface area contributed by atoms with E-state index in [2.05, 4.69) is 54.8 Å². The van der Waals surface area contributed by atoms with Crippen molar-refractivity contribution in [2.24, 2.45) is 0 Å². The Morgan fingerprint density at radius 3 is 2.71 bits per heavy atom. The highest BCUT2D eigenvalue weighted by Crippen LogP contribution is 2.37. The Balaban J connectivity index is 1.91. The zero-order valence-electron chi connectivity index (χ0n) is 17.2. The zero-order valence-corrected chi connectivity index (χ0v) is 17.2. The van der Waals surface area contributed by atoms with Crippen molar-refractivity contribution in [3.63, 3.8) is 0 Å². The van der Waals surface area contributed by atoms with Crippen LogP contribution in [0.2, 0.25) is 0 Å². The molecule has 4 rings (SSSR count). The molecule has 2 heterocycles. The van der Waals surface area contributed by atoms with E-state index in [1.807, 2.05) is 13.0 Å². The molecule has 1 aromatic heterocycles. The van der Waals surface area contributed by atoms with Crippen molar-refractivity contribution in [2.75, 3.05) is 20.7 Å². The first-order valence-corrected chi connectivity index (χ1v) is 9.76. The van der Waals surface area contributed by atoms with E-state index in [9.17, 15) is 4.39 Å². The number of likely N-dealkylation sites (N-methyl/N-ethyl adjacent to an activating group) is 1. The van der Waals surface area contributed by atoms with Crippen LogP contribution in [0, 0.1) is 12.7 Å². The highest BCUT2D eigenvalue weighted by atomic mass is 19.1. The lowest BCUT2D eigenvalue weighted by atomic mass is 9.98. The van der Waals surface area contributed by atoms with Crippen molar-refractivity contribution in [3.8, 4) is 5.75 Å². The Morgan fingerprint density at radius 2 is 2.00 bits per heavy atom. The van der Waals surface area contributed by atoms with Crippen LogP contribution in [-0.2, 0) is 6.42 Å². The molecule has 0 bridgehead atoms. The molecule has 0 radical (unpaired) electrons. The molecule has 1 unspecified atom stereocenters. The van der Waals surface area contributed by atoms with Crippen molar-refractivity contribution in [3.05, 3.63) is 64.6 Å². The molecule has 1 aliphatic heterocycles. The topological polar surface area (TPSA) is 17.4 Å². The normalized spacial score (nSPS) is 17.8. The number of fused-ring (bicyclic) bond motifs is 3. The molecule has 0 saturated heterocycles. The Hall–Kier alpha value is -2.59. The fourth-order valence-corrected chi connectivity index (χ4v) is 4.24. The van der Waals surface area contributed by atoms with E-state index in [1.54, 1.807) is 12.1 Å². The predicted molar refractivity (Wildman–Crippen MR) is 114 cm³/mol. The summed E-state index contributed by atoms with van der Waals surface area (Å²) >= 11 is 0. The molecule has 0 saturated carbocycles. The van der Waals surface area contributed by atoms with Gasteiger partial charge in [-0.15, -0.1) is 0 Å². The minimum Gasteiger partial charge on any atom is -0.494 e. The number of methoxy groups -OCH3 is 1. The summed E-state index contributed by atoms with van der Waals surface area (Å²) in [6.45, 7) is 7.50. The van der Waals surface area contributed by atoms with Gasteiger partial charge in [-0.25, -0.2) is 4.39 Å². The fraction of sp³-hybridized carbons (Fsp3) is 0.333. The summed E-state index contributed by atoms with van der Waals surface area (Å²) in [4.78, 5) is 2.39. The molecular weight excluding hydrogens is 351 g/mol. The summed E-state index contributed by atoms with van der Waals surface area (Å²) in [5.74, 6) is -0.0677. The third kappa shape index (κ3) is 3.02. The van der Waals surface area contributed by atoms with Crippen LogP contribution >= 0.6 is 0 Å². The number of aryl methyl sites for hydroxylation is 1. The summed E-state index contributed by atoms with van der Waals surface area (Å²) in [5, 5.41) is 1.33. The number of rotatable bonds is 3. The first-order valence-electron chi connectivity index (χ1n) is 9.76. The molecule has 0 N–H and O–H groups in total. The lowest BCUT2D eigenvalue weighted by molar-refractivity contribution is 0.242. The smallest absolute Gasteiger partial charge is 0.165 e. The number of hydrogen-bond donors (Lipinski definition) is 0. The average molecular weight is 378 g/mol. The van der Waals surface area contributed by atoms with Crippen molar-refractivity contribution in [1.29, 1.82) is 0 Å². The molecule has 2 aromatic carbocycles. The van der Waals surface area contributed by atoms with Gasteiger partial charge in [0.05, 0.1) is 12.6 Å². The van der Waals surface area contributed by atoms with Crippen molar-refractivity contribution in [2.45, 2.75) is 33.2 Å². The van der Waals surface area contributed by atoms with E-state index in [0.717, 1.165) is 24.1 Å². The molecule has 28 heavy (non-hydrogen) atoms. The maximum Gasteiger partial charge on any atom is 0.165 e. The maximum atomic E-state index is 14.2. The van der Waals surface area contributed by atoms with Gasteiger partial charge in [-0.2, -0.15) is 0 Å². The summed E-state index contributed by atoms with van der Waals surface area (Å²) < 4.78 is 21.6. The van der Waals surface area contributed by atoms with E-state index >= 15 is 0 Å². The van der Waals surface area contributed by atoms with Crippen molar-refractivity contribution >= 4 is 22.7 Å². The van der Waals surface area contributed by atoms with E-state index < -0.39 is 0 Å². The van der Waals surface area contributed by atoms with Crippen LogP contribution in [0.3, 0.4) is 0 Å². The summed E-state index contributed by atoms with van der Waals surface area (Å²) in [7, 11) is 3.66. The van der Waals surface area contributed by atoms with Gasteiger partial charge in [-0.3, -0.25) is 4.90 Å². The van der Waals surface area contributed by atoms with Gasteiger partial charge in [0.2, 0.25) is 0 Å². The number of allylic oxidation sites excluding steroid dienone is 1.